The van der Waals surface area contributed by atoms with Crippen LogP contribution in [0.15, 0.2) is 12.3 Å². The Morgan fingerprint density at radius 1 is 1.27 bits per heavy atom. The summed E-state index contributed by atoms with van der Waals surface area (Å²) in [6.07, 6.45) is 10.7. The summed E-state index contributed by atoms with van der Waals surface area (Å²) in [7, 11) is 0. The Labute approximate surface area is 91.8 Å². The average molecular weight is 211 g/mol. The first-order chi connectivity index (χ1) is 7.45. The summed E-state index contributed by atoms with van der Waals surface area (Å²) in [5, 5.41) is 3.44. The maximum absolute atomic E-state index is 5.56. The Balaban J connectivity index is 1.49. The second-order valence-electron chi connectivity index (χ2n) is 4.34. The van der Waals surface area contributed by atoms with Gasteiger partial charge in [-0.05, 0) is 44.7 Å². The van der Waals surface area contributed by atoms with Crippen molar-refractivity contribution in [3.05, 3.63) is 12.3 Å². The molecule has 2 aliphatic rings. The Bertz CT molecular complexity index is 200. The third-order valence-electron chi connectivity index (χ3n) is 3.06. The van der Waals surface area contributed by atoms with Crippen molar-refractivity contribution in [2.45, 2.75) is 44.3 Å². The second kappa shape index (κ2) is 6.13. The molecule has 1 fully saturated rings. The molecule has 3 heteroatoms. The van der Waals surface area contributed by atoms with Gasteiger partial charge in [-0.3, -0.25) is 0 Å². The highest BCUT2D eigenvalue weighted by molar-refractivity contribution is 4.83. The molecule has 3 nitrogen and oxygen atoms in total. The zero-order valence-corrected chi connectivity index (χ0v) is 9.28. The molecule has 2 aliphatic heterocycles. The molecule has 0 saturated carbocycles. The van der Waals surface area contributed by atoms with E-state index in [2.05, 4.69) is 11.4 Å². The van der Waals surface area contributed by atoms with E-state index in [-0.39, 0.29) is 0 Å². The van der Waals surface area contributed by atoms with E-state index in [9.17, 15) is 0 Å². The summed E-state index contributed by atoms with van der Waals surface area (Å²) in [5.41, 5.74) is 0. The molecular weight excluding hydrogens is 190 g/mol. The lowest BCUT2D eigenvalue weighted by Gasteiger charge is -2.20. The molecular formula is C12H21NO2. The second-order valence-corrected chi connectivity index (χ2v) is 4.34. The first-order valence-electron chi connectivity index (χ1n) is 6.08. The van der Waals surface area contributed by atoms with Crippen LogP contribution in [-0.2, 0) is 9.47 Å². The molecule has 2 rings (SSSR count). The number of hydrogen-bond donors (Lipinski definition) is 1. The highest BCUT2D eigenvalue weighted by Gasteiger charge is 2.15. The van der Waals surface area contributed by atoms with Crippen molar-refractivity contribution in [1.29, 1.82) is 0 Å². The Hall–Kier alpha value is -0.540. The van der Waals surface area contributed by atoms with Crippen LogP contribution >= 0.6 is 0 Å². The van der Waals surface area contributed by atoms with Crippen LogP contribution in [0.2, 0.25) is 0 Å². The van der Waals surface area contributed by atoms with Gasteiger partial charge in [-0.15, -0.1) is 0 Å². The molecule has 0 aromatic rings. The van der Waals surface area contributed by atoms with E-state index in [4.69, 9.17) is 9.47 Å². The predicted molar refractivity (Wildman–Crippen MR) is 59.7 cm³/mol. The van der Waals surface area contributed by atoms with Crippen LogP contribution in [0.25, 0.3) is 0 Å². The summed E-state index contributed by atoms with van der Waals surface area (Å²) >= 11 is 0. The van der Waals surface area contributed by atoms with Crippen LogP contribution in [0, 0.1) is 0 Å². The SMILES string of the molecule is C1=COC(CNCCC2CCCO2)CC1. The molecule has 0 bridgehead atoms. The molecule has 0 aromatic carbocycles. The van der Waals surface area contributed by atoms with E-state index in [1.54, 1.807) is 0 Å². The average Bonchev–Trinajstić information content (AvgIpc) is 2.79. The number of allylic oxidation sites excluding steroid dienone is 1. The maximum Gasteiger partial charge on any atom is 0.110 e. The summed E-state index contributed by atoms with van der Waals surface area (Å²) in [5.74, 6) is 0. The molecule has 86 valence electrons. The van der Waals surface area contributed by atoms with Crippen LogP contribution in [0.3, 0.4) is 0 Å². The minimum atomic E-state index is 0.375. The first-order valence-corrected chi connectivity index (χ1v) is 6.08. The number of rotatable bonds is 5. The van der Waals surface area contributed by atoms with Gasteiger partial charge in [0.2, 0.25) is 0 Å². The van der Waals surface area contributed by atoms with Gasteiger partial charge in [-0.2, -0.15) is 0 Å². The topological polar surface area (TPSA) is 30.5 Å². The summed E-state index contributed by atoms with van der Waals surface area (Å²) in [6.45, 7) is 2.98. The molecule has 1 saturated heterocycles. The van der Waals surface area contributed by atoms with Gasteiger partial charge in [0.05, 0.1) is 12.4 Å². The van der Waals surface area contributed by atoms with Crippen molar-refractivity contribution in [1.82, 2.24) is 5.32 Å². The quantitative estimate of drug-likeness (QED) is 0.704. The van der Waals surface area contributed by atoms with Gasteiger partial charge in [0, 0.05) is 13.2 Å². The van der Waals surface area contributed by atoms with Crippen LogP contribution in [0.1, 0.15) is 32.1 Å². The van der Waals surface area contributed by atoms with Crippen molar-refractivity contribution >= 4 is 0 Å². The largest absolute Gasteiger partial charge is 0.497 e. The summed E-state index contributed by atoms with van der Waals surface area (Å²) in [4.78, 5) is 0. The highest BCUT2D eigenvalue weighted by Crippen LogP contribution is 2.14. The molecule has 15 heavy (non-hydrogen) atoms. The van der Waals surface area contributed by atoms with Crippen LogP contribution < -0.4 is 5.32 Å². The van der Waals surface area contributed by atoms with Gasteiger partial charge >= 0.3 is 0 Å². The van der Waals surface area contributed by atoms with Crippen molar-refractivity contribution in [3.63, 3.8) is 0 Å². The molecule has 1 N–H and O–H groups in total. The summed E-state index contributed by atoms with van der Waals surface area (Å²) < 4.78 is 11.0. The van der Waals surface area contributed by atoms with Gasteiger partial charge in [0.1, 0.15) is 6.10 Å². The highest BCUT2D eigenvalue weighted by atomic mass is 16.5. The monoisotopic (exact) mass is 211 g/mol. The number of hydrogen-bond acceptors (Lipinski definition) is 3. The Morgan fingerprint density at radius 2 is 2.27 bits per heavy atom. The van der Waals surface area contributed by atoms with E-state index < -0.39 is 0 Å². The molecule has 2 heterocycles. The molecule has 0 aromatic heterocycles. The predicted octanol–water partition coefficient (Wildman–Crippen LogP) is 1.84. The van der Waals surface area contributed by atoms with Gasteiger partial charge in [-0.25, -0.2) is 0 Å². The Morgan fingerprint density at radius 3 is 3.00 bits per heavy atom. The lowest BCUT2D eigenvalue weighted by Crippen LogP contribution is -2.31. The zero-order valence-electron chi connectivity index (χ0n) is 9.28. The van der Waals surface area contributed by atoms with Gasteiger partial charge < -0.3 is 14.8 Å². The third-order valence-corrected chi connectivity index (χ3v) is 3.06. The van der Waals surface area contributed by atoms with Gasteiger partial charge in [0.15, 0.2) is 0 Å². The fourth-order valence-electron chi connectivity index (χ4n) is 2.13. The summed E-state index contributed by atoms with van der Waals surface area (Å²) in [6, 6.07) is 0. The van der Waals surface area contributed by atoms with Crippen LogP contribution in [-0.4, -0.2) is 31.9 Å². The normalized spacial score (nSPS) is 30.4. The Kier molecular flexibility index (Phi) is 4.48. The fourth-order valence-corrected chi connectivity index (χ4v) is 2.13. The van der Waals surface area contributed by atoms with E-state index in [1.165, 1.54) is 12.8 Å². The molecule has 2 atom stereocenters. The van der Waals surface area contributed by atoms with E-state index in [0.717, 1.165) is 39.0 Å². The smallest absolute Gasteiger partial charge is 0.110 e. The molecule has 0 amide bonds. The van der Waals surface area contributed by atoms with Gasteiger partial charge in [-0.1, -0.05) is 0 Å². The standard InChI is InChI=1S/C12H21NO2/c1-2-8-15-12(4-1)10-13-7-6-11-5-3-9-14-11/h2,8,11-13H,1,3-7,9-10H2. The minimum Gasteiger partial charge on any atom is -0.497 e. The molecule has 0 aliphatic carbocycles. The lowest BCUT2D eigenvalue weighted by molar-refractivity contribution is 0.0986. The van der Waals surface area contributed by atoms with E-state index >= 15 is 0 Å². The zero-order chi connectivity index (χ0) is 10.3. The third kappa shape index (κ3) is 3.84. The lowest BCUT2D eigenvalue weighted by atomic mass is 10.1. The number of nitrogens with one attached hydrogen (secondary N) is 1. The minimum absolute atomic E-state index is 0.375. The van der Waals surface area contributed by atoms with Gasteiger partial charge in [0.25, 0.3) is 0 Å². The van der Waals surface area contributed by atoms with E-state index in [0.29, 0.717) is 12.2 Å². The van der Waals surface area contributed by atoms with Crippen molar-refractivity contribution < 1.29 is 9.47 Å². The maximum atomic E-state index is 5.56. The number of ether oxygens (including phenoxy) is 2. The van der Waals surface area contributed by atoms with Crippen molar-refractivity contribution in [2.24, 2.45) is 0 Å². The molecule has 0 radical (unpaired) electrons. The van der Waals surface area contributed by atoms with Crippen LogP contribution in [0.5, 0.6) is 0 Å². The fraction of sp³-hybridized carbons (Fsp3) is 0.833. The van der Waals surface area contributed by atoms with E-state index in [1.807, 2.05) is 6.26 Å². The molecule has 2 unspecified atom stereocenters. The van der Waals surface area contributed by atoms with Crippen LogP contribution in [0.4, 0.5) is 0 Å². The van der Waals surface area contributed by atoms with Crippen molar-refractivity contribution in [2.75, 3.05) is 19.7 Å². The molecule has 0 spiro atoms. The van der Waals surface area contributed by atoms with Crippen molar-refractivity contribution in [3.8, 4) is 0 Å². The first kappa shape index (κ1) is 11.0.